The summed E-state index contributed by atoms with van der Waals surface area (Å²) in [6.45, 7) is 2.00. The molecule has 0 radical (unpaired) electrons. The Morgan fingerprint density at radius 2 is 2.33 bits per heavy atom. The number of fused-ring (bicyclic) bond motifs is 1. The van der Waals surface area contributed by atoms with Crippen molar-refractivity contribution in [1.29, 1.82) is 0 Å². The van der Waals surface area contributed by atoms with Gasteiger partial charge in [0.25, 0.3) is 0 Å². The fraction of sp³-hybridized carbons (Fsp3) is 0.385. The molecule has 8 heteroatoms. The fourth-order valence-electron chi connectivity index (χ4n) is 1.66. The number of carbonyl (C=O) groups excluding carboxylic acids is 1. The number of nitrogens with zero attached hydrogens (tertiary/aromatic N) is 1. The average molecular weight is 327 g/mol. The first kappa shape index (κ1) is 15.9. The lowest BCUT2D eigenvalue weighted by molar-refractivity contribution is -0.115. The highest BCUT2D eigenvalue weighted by molar-refractivity contribution is 7.86. The Bertz CT molecular complexity index is 672. The second-order valence-electron chi connectivity index (χ2n) is 4.46. The Kier molecular flexibility index (Phi) is 5.27. The van der Waals surface area contributed by atoms with Gasteiger partial charge in [0, 0.05) is 29.3 Å². The minimum absolute atomic E-state index is 0.309. The van der Waals surface area contributed by atoms with E-state index in [0.717, 1.165) is 10.2 Å². The molecular formula is C13H17N3O3S2. The highest BCUT2D eigenvalue weighted by Crippen LogP contribution is 2.27. The van der Waals surface area contributed by atoms with E-state index in [0.29, 0.717) is 23.2 Å². The average Bonchev–Trinajstić information content (AvgIpc) is 2.84. The van der Waals surface area contributed by atoms with Crippen molar-refractivity contribution < 1.29 is 13.7 Å². The molecule has 114 valence electrons. The van der Waals surface area contributed by atoms with Gasteiger partial charge < -0.3 is 15.8 Å². The number of thiazole rings is 1. The summed E-state index contributed by atoms with van der Waals surface area (Å²) in [5, 5.41) is 2.57. The van der Waals surface area contributed by atoms with Gasteiger partial charge in [0.15, 0.2) is 5.13 Å². The van der Waals surface area contributed by atoms with E-state index in [2.05, 4.69) is 10.3 Å². The standard InChI is InChI=1S/C13H17N3O3S2/c1-8(21(18)6-5-19-2)12(17)16-13-15-10-4-3-9(14)7-11(10)20-13/h3-4,7-8H,5-6,14H2,1-2H3,(H,15,16,17). The molecule has 0 aliphatic heterocycles. The first-order valence-electron chi connectivity index (χ1n) is 6.34. The summed E-state index contributed by atoms with van der Waals surface area (Å²) >= 11 is 1.34. The molecule has 2 aromatic rings. The number of nitrogen functional groups attached to an aromatic ring is 1. The van der Waals surface area contributed by atoms with Crippen molar-refractivity contribution in [3.05, 3.63) is 18.2 Å². The van der Waals surface area contributed by atoms with Crippen LogP contribution in [0, 0.1) is 0 Å². The number of nitrogens with two attached hydrogens (primary N) is 1. The van der Waals surface area contributed by atoms with E-state index in [1.54, 1.807) is 19.1 Å². The van der Waals surface area contributed by atoms with Crippen LogP contribution in [0.3, 0.4) is 0 Å². The zero-order valence-corrected chi connectivity index (χ0v) is 13.4. The largest absolute Gasteiger partial charge is 0.399 e. The topological polar surface area (TPSA) is 94.3 Å². The SMILES string of the molecule is COCCS(=O)C(C)C(=O)Nc1nc2ccc(N)cc2s1. The van der Waals surface area contributed by atoms with Gasteiger partial charge in [0.05, 0.1) is 16.8 Å². The summed E-state index contributed by atoms with van der Waals surface area (Å²) in [7, 11) is 0.266. The Labute approximate surface area is 129 Å². The molecule has 1 aromatic heterocycles. The van der Waals surface area contributed by atoms with Crippen molar-refractivity contribution in [3.8, 4) is 0 Å². The molecule has 0 fully saturated rings. The molecule has 1 heterocycles. The summed E-state index contributed by atoms with van der Waals surface area (Å²) in [5.41, 5.74) is 7.13. The fourth-order valence-corrected chi connectivity index (χ4v) is 3.56. The van der Waals surface area contributed by atoms with E-state index in [9.17, 15) is 9.00 Å². The van der Waals surface area contributed by atoms with Crippen LogP contribution in [0.25, 0.3) is 10.2 Å². The second-order valence-corrected chi connectivity index (χ2v) is 7.36. The van der Waals surface area contributed by atoms with Crippen LogP contribution in [0.15, 0.2) is 18.2 Å². The third kappa shape index (κ3) is 3.99. The van der Waals surface area contributed by atoms with Gasteiger partial charge in [-0.25, -0.2) is 4.98 Å². The van der Waals surface area contributed by atoms with E-state index < -0.39 is 16.0 Å². The number of amides is 1. The number of carbonyl (C=O) groups is 1. The number of ether oxygens (including phenoxy) is 1. The number of hydrogen-bond donors (Lipinski definition) is 2. The van der Waals surface area contributed by atoms with Gasteiger partial charge in [0.1, 0.15) is 5.25 Å². The molecule has 0 aliphatic rings. The van der Waals surface area contributed by atoms with Crippen LogP contribution in [0.4, 0.5) is 10.8 Å². The molecule has 6 nitrogen and oxygen atoms in total. The van der Waals surface area contributed by atoms with Crippen molar-refractivity contribution in [1.82, 2.24) is 4.98 Å². The summed E-state index contributed by atoms with van der Waals surface area (Å²) in [4.78, 5) is 16.4. The molecule has 0 spiro atoms. The molecule has 3 N–H and O–H groups in total. The Balaban J connectivity index is 2.05. The molecule has 0 bridgehead atoms. The Morgan fingerprint density at radius 3 is 3.05 bits per heavy atom. The molecule has 2 atom stereocenters. The van der Waals surface area contributed by atoms with Crippen LogP contribution >= 0.6 is 11.3 Å². The van der Waals surface area contributed by atoms with Gasteiger partial charge in [-0.15, -0.1) is 0 Å². The van der Waals surface area contributed by atoms with E-state index in [1.165, 1.54) is 18.4 Å². The molecule has 21 heavy (non-hydrogen) atoms. The van der Waals surface area contributed by atoms with E-state index in [4.69, 9.17) is 10.5 Å². The van der Waals surface area contributed by atoms with Crippen LogP contribution in [0.1, 0.15) is 6.92 Å². The number of rotatable bonds is 6. The highest BCUT2D eigenvalue weighted by Gasteiger charge is 2.20. The van der Waals surface area contributed by atoms with Crippen LogP contribution in [-0.2, 0) is 20.3 Å². The zero-order chi connectivity index (χ0) is 15.4. The van der Waals surface area contributed by atoms with Crippen molar-refractivity contribution in [2.45, 2.75) is 12.2 Å². The molecular weight excluding hydrogens is 310 g/mol. The van der Waals surface area contributed by atoms with Gasteiger partial charge in [-0.3, -0.25) is 9.00 Å². The minimum Gasteiger partial charge on any atom is -0.399 e. The van der Waals surface area contributed by atoms with Crippen LogP contribution < -0.4 is 11.1 Å². The van der Waals surface area contributed by atoms with Gasteiger partial charge in [-0.2, -0.15) is 0 Å². The molecule has 0 saturated heterocycles. The van der Waals surface area contributed by atoms with Crippen molar-refractivity contribution in [2.24, 2.45) is 0 Å². The van der Waals surface area contributed by atoms with E-state index in [-0.39, 0.29) is 5.91 Å². The monoisotopic (exact) mass is 327 g/mol. The van der Waals surface area contributed by atoms with E-state index >= 15 is 0 Å². The third-order valence-electron chi connectivity index (χ3n) is 2.89. The van der Waals surface area contributed by atoms with Gasteiger partial charge in [-0.1, -0.05) is 11.3 Å². The van der Waals surface area contributed by atoms with Crippen LogP contribution in [-0.4, -0.2) is 39.8 Å². The predicted molar refractivity (Wildman–Crippen MR) is 87.0 cm³/mol. The lowest BCUT2D eigenvalue weighted by atomic mass is 10.3. The Morgan fingerprint density at radius 1 is 1.57 bits per heavy atom. The lowest BCUT2D eigenvalue weighted by Crippen LogP contribution is -2.31. The maximum Gasteiger partial charge on any atom is 0.241 e. The quantitative estimate of drug-likeness (QED) is 0.786. The van der Waals surface area contributed by atoms with Crippen molar-refractivity contribution in [2.75, 3.05) is 30.5 Å². The predicted octanol–water partition coefficient (Wildman–Crippen LogP) is 1.60. The highest BCUT2D eigenvalue weighted by atomic mass is 32.2. The lowest BCUT2D eigenvalue weighted by Gasteiger charge is -2.10. The van der Waals surface area contributed by atoms with Crippen molar-refractivity contribution >= 4 is 49.1 Å². The van der Waals surface area contributed by atoms with Crippen molar-refractivity contribution in [3.63, 3.8) is 0 Å². The normalized spacial score (nSPS) is 14.0. The first-order chi connectivity index (χ1) is 10.0. The molecule has 1 aromatic carbocycles. The van der Waals surface area contributed by atoms with Crippen LogP contribution in [0.5, 0.6) is 0 Å². The minimum atomic E-state index is -1.27. The molecule has 1 amide bonds. The van der Waals surface area contributed by atoms with Gasteiger partial charge in [0.2, 0.25) is 5.91 Å². The Hall–Kier alpha value is -1.51. The number of methoxy groups -OCH3 is 1. The summed E-state index contributed by atoms with van der Waals surface area (Å²) in [6, 6.07) is 5.37. The smallest absolute Gasteiger partial charge is 0.241 e. The molecule has 0 saturated carbocycles. The summed E-state index contributed by atoms with van der Waals surface area (Å²) in [6.07, 6.45) is 0. The summed E-state index contributed by atoms with van der Waals surface area (Å²) in [5.74, 6) is 0.0260. The number of aromatic nitrogens is 1. The molecule has 2 rings (SSSR count). The number of hydrogen-bond acceptors (Lipinski definition) is 6. The number of nitrogens with one attached hydrogen (secondary N) is 1. The first-order valence-corrected chi connectivity index (χ1v) is 8.54. The number of benzene rings is 1. The zero-order valence-electron chi connectivity index (χ0n) is 11.8. The van der Waals surface area contributed by atoms with Crippen LogP contribution in [0.2, 0.25) is 0 Å². The maximum absolute atomic E-state index is 12.1. The number of anilines is 2. The second kappa shape index (κ2) is 6.97. The molecule has 2 unspecified atom stereocenters. The van der Waals surface area contributed by atoms with E-state index in [1.807, 2.05) is 6.07 Å². The maximum atomic E-state index is 12.1. The summed E-state index contributed by atoms with van der Waals surface area (Å²) < 4.78 is 17.7. The third-order valence-corrected chi connectivity index (χ3v) is 5.40. The van der Waals surface area contributed by atoms with Gasteiger partial charge in [-0.05, 0) is 25.1 Å². The van der Waals surface area contributed by atoms with Gasteiger partial charge >= 0.3 is 0 Å². The molecule has 0 aliphatic carbocycles.